The van der Waals surface area contributed by atoms with Gasteiger partial charge in [-0.15, -0.1) is 11.3 Å². The number of carbonyl (C=O) groups is 2. The number of nitrogens with zero attached hydrogens (tertiary/aromatic N) is 5. The molecule has 0 atom stereocenters. The third-order valence-corrected chi connectivity index (χ3v) is 6.06. The molecule has 0 saturated carbocycles. The molecule has 1 fully saturated rings. The quantitative estimate of drug-likeness (QED) is 0.612. The molecule has 1 saturated heterocycles. The van der Waals surface area contributed by atoms with Crippen LogP contribution < -0.4 is 5.32 Å². The van der Waals surface area contributed by atoms with E-state index >= 15 is 0 Å². The molecule has 4 rings (SSSR count). The normalized spacial score (nSPS) is 14.5. The zero-order chi connectivity index (χ0) is 21.6. The van der Waals surface area contributed by atoms with Gasteiger partial charge in [0.25, 0.3) is 5.91 Å². The highest BCUT2D eigenvalue weighted by atomic mass is 32.1. The first kappa shape index (κ1) is 21.2. The number of para-hydroxylation sites is 1. The highest BCUT2D eigenvalue weighted by Crippen LogP contribution is 2.25. The van der Waals surface area contributed by atoms with Crippen LogP contribution in [0.3, 0.4) is 0 Å². The lowest BCUT2D eigenvalue weighted by molar-refractivity contribution is -0.122. The molecule has 0 radical (unpaired) electrons. The number of hydrogen-bond donors (Lipinski definition) is 1. The zero-order valence-corrected chi connectivity index (χ0v) is 18.3. The van der Waals surface area contributed by atoms with Crippen molar-refractivity contribution in [2.24, 2.45) is 0 Å². The minimum Gasteiger partial charge on any atom is -0.355 e. The van der Waals surface area contributed by atoms with Crippen LogP contribution in [0.15, 0.2) is 48.1 Å². The van der Waals surface area contributed by atoms with Crippen molar-refractivity contribution in [1.29, 1.82) is 0 Å². The lowest BCUT2D eigenvalue weighted by Gasteiger charge is -2.33. The molecule has 1 aliphatic rings. The highest BCUT2D eigenvalue weighted by Gasteiger charge is 2.25. The number of benzene rings is 1. The molecular weight excluding hydrogens is 412 g/mol. The monoisotopic (exact) mass is 438 g/mol. The first-order valence-electron chi connectivity index (χ1n) is 10.5. The number of piperazine rings is 1. The molecule has 3 heterocycles. The second-order valence-electron chi connectivity index (χ2n) is 7.47. The van der Waals surface area contributed by atoms with E-state index in [0.29, 0.717) is 45.0 Å². The van der Waals surface area contributed by atoms with Gasteiger partial charge in [0.15, 0.2) is 0 Å². The third kappa shape index (κ3) is 5.18. The van der Waals surface area contributed by atoms with Crippen LogP contribution in [0.1, 0.15) is 23.8 Å². The van der Waals surface area contributed by atoms with Crippen LogP contribution in [0.25, 0.3) is 16.3 Å². The third-order valence-electron chi connectivity index (χ3n) is 5.17. The van der Waals surface area contributed by atoms with Crippen molar-refractivity contribution in [1.82, 2.24) is 29.9 Å². The topological polar surface area (TPSA) is 83.4 Å². The van der Waals surface area contributed by atoms with Crippen LogP contribution in [0.2, 0.25) is 0 Å². The first-order chi connectivity index (χ1) is 15.1. The maximum atomic E-state index is 12.9. The van der Waals surface area contributed by atoms with Crippen molar-refractivity contribution in [2.75, 3.05) is 39.3 Å². The average Bonchev–Trinajstić information content (AvgIpc) is 3.48. The van der Waals surface area contributed by atoms with Crippen LogP contribution in [0, 0.1) is 0 Å². The van der Waals surface area contributed by atoms with E-state index in [1.54, 1.807) is 10.9 Å². The van der Waals surface area contributed by atoms with E-state index in [9.17, 15) is 9.59 Å². The van der Waals surface area contributed by atoms with Gasteiger partial charge in [0.1, 0.15) is 10.7 Å². The molecule has 8 nitrogen and oxygen atoms in total. The summed E-state index contributed by atoms with van der Waals surface area (Å²) in [5, 5.41) is 9.88. The second kappa shape index (κ2) is 9.84. The number of aromatic nitrogens is 3. The van der Waals surface area contributed by atoms with E-state index < -0.39 is 0 Å². The van der Waals surface area contributed by atoms with Gasteiger partial charge < -0.3 is 10.2 Å². The van der Waals surface area contributed by atoms with Crippen LogP contribution in [-0.4, -0.2) is 75.6 Å². The average molecular weight is 439 g/mol. The van der Waals surface area contributed by atoms with Gasteiger partial charge in [-0.3, -0.25) is 14.5 Å². The Bertz CT molecular complexity index is 1020. The predicted molar refractivity (Wildman–Crippen MR) is 120 cm³/mol. The van der Waals surface area contributed by atoms with Crippen LogP contribution >= 0.6 is 11.3 Å². The summed E-state index contributed by atoms with van der Waals surface area (Å²) in [7, 11) is 0. The molecule has 3 aromatic rings. The Hall–Kier alpha value is -3.04. The molecule has 0 aliphatic carbocycles. The van der Waals surface area contributed by atoms with Gasteiger partial charge in [-0.25, -0.2) is 9.67 Å². The minimum absolute atomic E-state index is 0.0434. The highest BCUT2D eigenvalue weighted by molar-refractivity contribution is 7.13. The minimum atomic E-state index is -0.0620. The Morgan fingerprint density at radius 2 is 1.90 bits per heavy atom. The smallest absolute Gasteiger partial charge is 0.273 e. The molecule has 0 bridgehead atoms. The van der Waals surface area contributed by atoms with Crippen molar-refractivity contribution < 1.29 is 9.59 Å². The molecule has 162 valence electrons. The fraction of sp³-hybridized carbons (Fsp3) is 0.364. The molecule has 0 spiro atoms. The van der Waals surface area contributed by atoms with E-state index in [1.165, 1.54) is 11.3 Å². The van der Waals surface area contributed by atoms with E-state index in [4.69, 9.17) is 0 Å². The van der Waals surface area contributed by atoms with Crippen molar-refractivity contribution in [3.05, 3.63) is 53.8 Å². The fourth-order valence-corrected chi connectivity index (χ4v) is 4.22. The van der Waals surface area contributed by atoms with Gasteiger partial charge in [-0.05, 0) is 18.6 Å². The Morgan fingerprint density at radius 3 is 2.65 bits per heavy atom. The first-order valence-corrected chi connectivity index (χ1v) is 11.4. The number of nitrogens with one attached hydrogen (secondary N) is 1. The summed E-state index contributed by atoms with van der Waals surface area (Å²) in [6.07, 6.45) is 4.62. The van der Waals surface area contributed by atoms with Gasteiger partial charge >= 0.3 is 0 Å². The van der Waals surface area contributed by atoms with Gasteiger partial charge in [0.2, 0.25) is 5.91 Å². The molecule has 1 aliphatic heterocycles. The number of amides is 2. The molecule has 2 amide bonds. The zero-order valence-electron chi connectivity index (χ0n) is 17.5. The molecule has 2 aromatic heterocycles. The maximum Gasteiger partial charge on any atom is 0.273 e. The van der Waals surface area contributed by atoms with Crippen LogP contribution in [0.5, 0.6) is 0 Å². The standard InChI is InChI=1S/C22H26N6O2S/c1-2-8-23-20(29)15-26-9-11-27(12-10-26)22(30)19-16-31-21(25-19)17-13-24-28(14-17)18-6-4-3-5-7-18/h3-7,13-14,16H,2,8-12,15H2,1H3,(H,23,29). The van der Waals surface area contributed by atoms with Gasteiger partial charge in [-0.2, -0.15) is 5.10 Å². The van der Waals surface area contributed by atoms with Crippen molar-refractivity contribution >= 4 is 23.2 Å². The Labute approximate surface area is 185 Å². The molecular formula is C22H26N6O2S. The van der Waals surface area contributed by atoms with E-state index in [1.807, 2.05) is 53.7 Å². The predicted octanol–water partition coefficient (Wildman–Crippen LogP) is 2.28. The Balaban J connectivity index is 1.34. The molecule has 31 heavy (non-hydrogen) atoms. The summed E-state index contributed by atoms with van der Waals surface area (Å²) in [6, 6.07) is 9.87. The summed E-state index contributed by atoms with van der Waals surface area (Å²) < 4.78 is 1.80. The fourth-order valence-electron chi connectivity index (χ4n) is 3.45. The lowest BCUT2D eigenvalue weighted by atomic mass is 10.2. The summed E-state index contributed by atoms with van der Waals surface area (Å²) >= 11 is 1.44. The summed E-state index contributed by atoms with van der Waals surface area (Å²) in [6.45, 7) is 5.68. The summed E-state index contributed by atoms with van der Waals surface area (Å²) in [5.74, 6) is -0.0187. The summed E-state index contributed by atoms with van der Waals surface area (Å²) in [4.78, 5) is 33.2. The van der Waals surface area contributed by atoms with E-state index in [2.05, 4.69) is 20.3 Å². The number of thiazole rings is 1. The van der Waals surface area contributed by atoms with Crippen LogP contribution in [0.4, 0.5) is 0 Å². The van der Waals surface area contributed by atoms with Crippen LogP contribution in [-0.2, 0) is 4.79 Å². The van der Waals surface area contributed by atoms with Crippen molar-refractivity contribution in [3.63, 3.8) is 0 Å². The van der Waals surface area contributed by atoms with E-state index in [-0.39, 0.29) is 11.8 Å². The van der Waals surface area contributed by atoms with Gasteiger partial charge in [0.05, 0.1) is 18.4 Å². The molecule has 0 unspecified atom stereocenters. The molecule has 1 N–H and O–H groups in total. The Morgan fingerprint density at radius 1 is 1.13 bits per heavy atom. The second-order valence-corrected chi connectivity index (χ2v) is 8.32. The molecule has 1 aromatic carbocycles. The summed E-state index contributed by atoms with van der Waals surface area (Å²) in [5.41, 5.74) is 2.32. The molecule has 9 heteroatoms. The van der Waals surface area contributed by atoms with Crippen molar-refractivity contribution in [2.45, 2.75) is 13.3 Å². The number of rotatable bonds is 7. The Kier molecular flexibility index (Phi) is 6.73. The number of hydrogen-bond acceptors (Lipinski definition) is 6. The van der Waals surface area contributed by atoms with Gasteiger partial charge in [0, 0.05) is 49.9 Å². The lowest BCUT2D eigenvalue weighted by Crippen LogP contribution is -2.51. The van der Waals surface area contributed by atoms with E-state index in [0.717, 1.165) is 22.7 Å². The largest absolute Gasteiger partial charge is 0.355 e. The van der Waals surface area contributed by atoms with Gasteiger partial charge in [-0.1, -0.05) is 25.1 Å². The maximum absolute atomic E-state index is 12.9. The SMILES string of the molecule is CCCNC(=O)CN1CCN(C(=O)c2csc(-c3cnn(-c4ccccc4)c3)n2)CC1. The van der Waals surface area contributed by atoms with Crippen molar-refractivity contribution in [3.8, 4) is 16.3 Å². The number of carbonyl (C=O) groups excluding carboxylic acids is 2.